The molecule has 0 aromatic heterocycles. The minimum Gasteiger partial charge on any atom is -0.511 e. The number of ether oxygens (including phenoxy) is 2. The van der Waals surface area contributed by atoms with Gasteiger partial charge in [-0.1, -0.05) is 89.7 Å². The first-order chi connectivity index (χ1) is 36.2. The lowest BCUT2D eigenvalue weighted by Crippen LogP contribution is -2.81. The number of dihydropyridines is 1. The quantitative estimate of drug-likeness (QED) is 0.0992. The summed E-state index contributed by atoms with van der Waals surface area (Å²) in [7, 11) is 2.89. The van der Waals surface area contributed by atoms with Crippen molar-refractivity contribution in [1.29, 1.82) is 0 Å². The number of aliphatic hydroxyl groups is 7. The van der Waals surface area contributed by atoms with E-state index < -0.39 is 81.4 Å². The summed E-state index contributed by atoms with van der Waals surface area (Å²) in [6.07, 6.45) is 11.7. The molecule has 6 fully saturated rings. The molecule has 0 amide bonds. The fourth-order valence-electron chi connectivity index (χ4n) is 18.1. The van der Waals surface area contributed by atoms with Gasteiger partial charge < -0.3 is 60.6 Å². The Balaban J connectivity index is 0.981. The largest absolute Gasteiger partial charge is 0.511 e. The summed E-state index contributed by atoms with van der Waals surface area (Å²) in [6.45, 7) is -0.332. The third-order valence-electron chi connectivity index (χ3n) is 21.1. The van der Waals surface area contributed by atoms with E-state index in [0.29, 0.717) is 62.1 Å². The predicted molar refractivity (Wildman–Crippen MR) is 281 cm³/mol. The van der Waals surface area contributed by atoms with E-state index in [4.69, 9.17) is 9.47 Å². The Bertz CT molecular complexity index is 2840. The van der Waals surface area contributed by atoms with E-state index in [-0.39, 0.29) is 71.2 Å². The van der Waals surface area contributed by atoms with Gasteiger partial charge in [-0.3, -0.25) is 9.59 Å². The van der Waals surface area contributed by atoms with E-state index in [9.17, 15) is 40.5 Å². The van der Waals surface area contributed by atoms with Gasteiger partial charge in [0.15, 0.2) is 11.6 Å². The molecule has 0 radical (unpaired) electrons. The Morgan fingerprint density at radius 2 is 1.73 bits per heavy atom. The molecule has 75 heavy (non-hydrogen) atoms. The Labute approximate surface area is 445 Å². The lowest BCUT2D eigenvalue weighted by Gasteiger charge is -2.65. The van der Waals surface area contributed by atoms with E-state index in [2.05, 4.69) is 16.7 Å². The molecule has 14 rings (SSSR count). The summed E-state index contributed by atoms with van der Waals surface area (Å²) in [5.41, 5.74) is -3.71. The fourth-order valence-corrected chi connectivity index (χ4v) is 20.9. The predicted octanol–water partition coefficient (Wildman–Crippen LogP) is 6.67. The van der Waals surface area contributed by atoms with E-state index >= 15 is 9.59 Å². The van der Waals surface area contributed by atoms with Crippen molar-refractivity contribution in [3.63, 3.8) is 0 Å². The highest BCUT2D eigenvalue weighted by Gasteiger charge is 2.78. The minimum absolute atomic E-state index is 0.0142. The third-order valence-corrected chi connectivity index (χ3v) is 23.8. The molecule has 400 valence electrons. The van der Waals surface area contributed by atoms with Gasteiger partial charge in [0.25, 0.3) is 0 Å². The molecule has 5 saturated carbocycles. The number of hydrogen-bond acceptors (Lipinski definition) is 16. The number of ketones is 2. The average Bonchev–Trinajstić information content (AvgIpc) is 3.97. The van der Waals surface area contributed by atoms with Crippen LogP contribution in [0.2, 0.25) is 0 Å². The maximum atomic E-state index is 16.4. The molecule has 16 heteroatoms. The van der Waals surface area contributed by atoms with Crippen molar-refractivity contribution in [2.75, 3.05) is 19.0 Å². The number of hydrogen-bond donors (Lipinski definition) is 9. The van der Waals surface area contributed by atoms with Gasteiger partial charge in [-0.05, 0) is 146 Å². The van der Waals surface area contributed by atoms with Crippen LogP contribution in [0.15, 0.2) is 89.0 Å². The van der Waals surface area contributed by atoms with Crippen LogP contribution in [0, 0.1) is 51.8 Å². The van der Waals surface area contributed by atoms with Gasteiger partial charge in [0.05, 0.1) is 42.0 Å². The van der Waals surface area contributed by atoms with Gasteiger partial charge in [0.2, 0.25) is 6.29 Å². The Morgan fingerprint density at radius 1 is 0.920 bits per heavy atom. The SMILES string of the molecule is O=C[C@@H]1CCC[C@@]12C[C@@H]1C[C@H]3C[C@@H]4C[C@]5(CO)O[C@H]6Oc7cccc8c7C(=O)[C@@]7(C(O)=CC(Cc9cccc(CO)c9)=C[C@@H]7C8=O)[C@H](CCC7(O)CCCCC7)SSCNC7=CC(=C3CN7)[C@@]1(C2)[C@H]4[C@](O)([C@@H]5O)[C@H]6O. The molecule has 0 unspecified atom stereocenters. The minimum atomic E-state index is -2.33. The number of allylic oxidation sites excluding steroid dienone is 6. The van der Waals surface area contributed by atoms with Crippen LogP contribution in [-0.4, -0.2) is 113 Å². The molecular formula is C59H70N2O12S2. The van der Waals surface area contributed by atoms with Crippen LogP contribution in [-0.2, 0) is 22.6 Å². The maximum absolute atomic E-state index is 16.4. The van der Waals surface area contributed by atoms with E-state index in [1.807, 2.05) is 24.3 Å². The number of aliphatic hydroxyl groups excluding tert-OH is 5. The van der Waals surface area contributed by atoms with Crippen molar-refractivity contribution in [2.45, 2.75) is 150 Å². The van der Waals surface area contributed by atoms with Crippen molar-refractivity contribution < 1.29 is 59.6 Å². The number of rotatable bonds is 8. The molecule has 9 N–H and O–H groups in total. The van der Waals surface area contributed by atoms with E-state index in [1.165, 1.54) is 33.2 Å². The van der Waals surface area contributed by atoms with Crippen molar-refractivity contribution >= 4 is 39.4 Å². The van der Waals surface area contributed by atoms with Crippen molar-refractivity contribution in [2.24, 2.45) is 51.8 Å². The summed E-state index contributed by atoms with van der Waals surface area (Å²) >= 11 is 0. The van der Waals surface area contributed by atoms with E-state index in [1.54, 1.807) is 24.3 Å². The van der Waals surface area contributed by atoms with Crippen molar-refractivity contribution in [3.8, 4) is 5.75 Å². The number of fused-ring (bicyclic) bond motifs is 2. The van der Waals surface area contributed by atoms with Gasteiger partial charge in [-0.2, -0.15) is 0 Å². The number of carbonyl (C=O) groups excluding carboxylic acids is 3. The first kappa shape index (κ1) is 50.5. The van der Waals surface area contributed by atoms with Gasteiger partial charge in [0.1, 0.15) is 46.6 Å². The van der Waals surface area contributed by atoms with Crippen LogP contribution in [0.5, 0.6) is 5.75 Å². The maximum Gasteiger partial charge on any atom is 0.229 e. The highest BCUT2D eigenvalue weighted by molar-refractivity contribution is 8.76. The molecule has 1 saturated heterocycles. The van der Waals surface area contributed by atoms with Gasteiger partial charge in [-0.25, -0.2) is 0 Å². The Kier molecular flexibility index (Phi) is 12.3. The number of aldehydes is 1. The van der Waals surface area contributed by atoms with Crippen LogP contribution in [0.4, 0.5) is 0 Å². The first-order valence-electron chi connectivity index (χ1n) is 27.6. The highest BCUT2D eigenvalue weighted by Crippen LogP contribution is 2.77. The molecule has 3 heterocycles. The molecular weight excluding hydrogens is 993 g/mol. The van der Waals surface area contributed by atoms with Crippen LogP contribution in [0.1, 0.15) is 128 Å². The molecule has 2 aromatic carbocycles. The van der Waals surface area contributed by atoms with Crippen LogP contribution < -0.4 is 15.4 Å². The van der Waals surface area contributed by atoms with E-state index in [0.717, 1.165) is 74.6 Å². The molecule has 10 bridgehead atoms. The second-order valence-electron chi connectivity index (χ2n) is 24.6. The number of carbonyl (C=O) groups is 3. The summed E-state index contributed by atoms with van der Waals surface area (Å²) in [6, 6.07) is 12.1. The molecule has 3 spiro atoms. The second-order valence-corrected chi connectivity index (χ2v) is 27.2. The molecule has 2 aromatic rings. The number of benzene rings is 2. The zero-order valence-electron chi connectivity index (χ0n) is 42.3. The first-order valence-corrected chi connectivity index (χ1v) is 30.0. The number of nitrogens with one attached hydrogen (secondary N) is 2. The lowest BCUT2D eigenvalue weighted by atomic mass is 9.46. The zero-order chi connectivity index (χ0) is 51.9. The van der Waals surface area contributed by atoms with Crippen molar-refractivity contribution in [3.05, 3.63) is 111 Å². The topological polar surface area (TPSA) is 235 Å². The summed E-state index contributed by atoms with van der Waals surface area (Å²) in [5, 5.41) is 93.0. The zero-order valence-corrected chi connectivity index (χ0v) is 43.9. The lowest BCUT2D eigenvalue weighted by molar-refractivity contribution is -0.392. The smallest absolute Gasteiger partial charge is 0.229 e. The summed E-state index contributed by atoms with van der Waals surface area (Å²) in [4.78, 5) is 45.0. The normalized spacial score (nSPS) is 42.1. The average molecular weight is 1060 g/mol. The van der Waals surface area contributed by atoms with Crippen LogP contribution >= 0.6 is 21.6 Å². The molecule has 12 aliphatic rings. The van der Waals surface area contributed by atoms with Gasteiger partial charge in [-0.15, -0.1) is 0 Å². The monoisotopic (exact) mass is 1060 g/mol. The summed E-state index contributed by atoms with van der Waals surface area (Å²) in [5.74, 6) is -2.62. The standard InChI is InChI=1S/C59H70N2O12S2/c62-27-33-8-4-7-32(17-33)18-34-19-42-48(66)39-10-5-11-43-47(39)50(67)58(42,44(65)20-34)45(12-16-55(70)14-2-1-3-15-55)75-74-31-61-46-23-41-40(26-60-46)35-21-36-24-56(30-64)53(69)59(71,51(68)52(72-43)73-56)49(36)57(41)29-54(25-38(57)22-35)13-6-9-37(54)28-63/h4-5,7-8,10-11,17,19-20,23,28,35-38,42,45,49,51-53,60-62,64-65,68-71H,1-3,6,9,12-16,18,21-22,24-27,29-31H2/t35-,36-,37+,38+,42-,45+,49+,51+,52-,53-,54+,56-,57+,58+,59-/m1/s1. The summed E-state index contributed by atoms with van der Waals surface area (Å²) < 4.78 is 13.5. The molecule has 14 nitrogen and oxygen atoms in total. The van der Waals surface area contributed by atoms with Crippen LogP contribution in [0.25, 0.3) is 0 Å². The van der Waals surface area contributed by atoms with Gasteiger partial charge in [0, 0.05) is 34.6 Å². The van der Waals surface area contributed by atoms with Crippen LogP contribution in [0.3, 0.4) is 0 Å². The molecule has 9 aliphatic carbocycles. The highest BCUT2D eigenvalue weighted by atomic mass is 33.1. The third kappa shape index (κ3) is 7.28. The molecule has 3 aliphatic heterocycles. The van der Waals surface area contributed by atoms with Gasteiger partial charge >= 0.3 is 0 Å². The fraction of sp³-hybridized carbons (Fsp3) is 0.610. The Hall–Kier alpha value is -3.97. The Morgan fingerprint density at radius 3 is 2.53 bits per heavy atom. The molecule has 15 atom stereocenters. The van der Waals surface area contributed by atoms with Crippen molar-refractivity contribution in [1.82, 2.24) is 10.6 Å². The second kappa shape index (κ2) is 18.3. The number of Topliss-reactive ketones (excluding diaryl/α,β-unsaturated/α-hetero) is 2.